The van der Waals surface area contributed by atoms with Crippen molar-refractivity contribution in [2.75, 3.05) is 10.6 Å². The van der Waals surface area contributed by atoms with Crippen LogP contribution in [-0.4, -0.2) is 21.5 Å². The molecule has 1 atom stereocenters. The zero-order chi connectivity index (χ0) is 21.5. The van der Waals surface area contributed by atoms with E-state index in [1.54, 1.807) is 12.1 Å². The number of H-pyrrole nitrogens is 1. The van der Waals surface area contributed by atoms with Crippen molar-refractivity contribution in [1.82, 2.24) is 9.78 Å². The second-order valence-corrected chi connectivity index (χ2v) is 7.91. The van der Waals surface area contributed by atoms with Crippen LogP contribution in [-0.2, 0) is 9.59 Å². The number of hydrogen-bond acceptors (Lipinski definition) is 4. The van der Waals surface area contributed by atoms with E-state index < -0.39 is 5.92 Å². The molecule has 2 heterocycles. The summed E-state index contributed by atoms with van der Waals surface area (Å²) in [5.41, 5.74) is 4.14. The summed E-state index contributed by atoms with van der Waals surface area (Å²) in [4.78, 5) is 37.8. The van der Waals surface area contributed by atoms with Crippen LogP contribution in [0, 0.1) is 0 Å². The maximum absolute atomic E-state index is 13.5. The molecule has 0 spiro atoms. The summed E-state index contributed by atoms with van der Waals surface area (Å²) >= 11 is 0. The van der Waals surface area contributed by atoms with Gasteiger partial charge in [-0.05, 0) is 42.7 Å². The average molecular weight is 414 g/mol. The molecule has 1 amide bonds. The van der Waals surface area contributed by atoms with E-state index in [4.69, 9.17) is 0 Å². The number of carbonyl (C=O) groups excluding carboxylic acids is 2. The van der Waals surface area contributed by atoms with Gasteiger partial charge in [0.25, 0.3) is 5.56 Å². The highest BCUT2D eigenvalue weighted by atomic mass is 16.1. The highest BCUT2D eigenvalue weighted by molar-refractivity contribution is 6.01. The predicted molar refractivity (Wildman–Crippen MR) is 118 cm³/mol. The van der Waals surface area contributed by atoms with E-state index in [-0.39, 0.29) is 17.2 Å². The molecule has 0 radical (unpaired) electrons. The number of aromatic nitrogens is 2. The average Bonchev–Trinajstić information content (AvgIpc) is 3.09. The van der Waals surface area contributed by atoms with Gasteiger partial charge in [-0.1, -0.05) is 30.3 Å². The van der Waals surface area contributed by atoms with E-state index in [0.717, 1.165) is 29.8 Å². The van der Waals surface area contributed by atoms with Gasteiger partial charge in [0.2, 0.25) is 5.91 Å². The van der Waals surface area contributed by atoms with Gasteiger partial charge in [0.1, 0.15) is 5.82 Å². The molecule has 156 valence electrons. The molecule has 1 aliphatic heterocycles. The summed E-state index contributed by atoms with van der Waals surface area (Å²) in [5.74, 6) is 0.0836. The number of allylic oxidation sites excluding steroid dienone is 2. The number of nitrogens with zero attached hydrogens (tertiary/aromatic N) is 1. The summed E-state index contributed by atoms with van der Waals surface area (Å²) in [6, 6.07) is 16.7. The van der Waals surface area contributed by atoms with E-state index in [1.165, 1.54) is 11.6 Å². The predicted octanol–water partition coefficient (Wildman–Crippen LogP) is 3.69. The topological polar surface area (TPSA) is 96.0 Å². The third-order valence-electron chi connectivity index (χ3n) is 5.81. The lowest BCUT2D eigenvalue weighted by molar-refractivity contribution is -0.116. The zero-order valence-corrected chi connectivity index (χ0v) is 17.1. The van der Waals surface area contributed by atoms with E-state index in [9.17, 15) is 14.4 Å². The van der Waals surface area contributed by atoms with Gasteiger partial charge >= 0.3 is 0 Å². The molecule has 3 N–H and O–H groups in total. The van der Waals surface area contributed by atoms with Crippen LogP contribution >= 0.6 is 0 Å². The third-order valence-corrected chi connectivity index (χ3v) is 5.81. The van der Waals surface area contributed by atoms with Crippen molar-refractivity contribution in [3.63, 3.8) is 0 Å². The molecule has 31 heavy (non-hydrogen) atoms. The van der Waals surface area contributed by atoms with Crippen LogP contribution in [0.25, 0.3) is 5.69 Å². The number of nitrogens with one attached hydrogen (secondary N) is 3. The first-order chi connectivity index (χ1) is 15.0. The molecule has 5 rings (SSSR count). The lowest BCUT2D eigenvalue weighted by Crippen LogP contribution is -2.29. The molecular formula is C24H22N4O3. The van der Waals surface area contributed by atoms with Crippen LogP contribution in [0.15, 0.2) is 70.7 Å². The number of benzene rings is 2. The number of anilines is 2. The van der Waals surface area contributed by atoms with Crippen molar-refractivity contribution in [2.24, 2.45) is 0 Å². The summed E-state index contributed by atoms with van der Waals surface area (Å²) in [5, 5.41) is 9.27. The molecule has 7 heteroatoms. The fourth-order valence-corrected chi connectivity index (χ4v) is 4.49. The maximum Gasteiger partial charge on any atom is 0.277 e. The Morgan fingerprint density at radius 3 is 2.48 bits per heavy atom. The molecule has 0 bridgehead atoms. The number of fused-ring (bicyclic) bond motifs is 1. The molecule has 2 aliphatic rings. The van der Waals surface area contributed by atoms with Gasteiger partial charge < -0.3 is 10.6 Å². The van der Waals surface area contributed by atoms with E-state index in [2.05, 4.69) is 15.7 Å². The minimum atomic E-state index is -0.459. The van der Waals surface area contributed by atoms with Gasteiger partial charge in [0.15, 0.2) is 5.78 Å². The summed E-state index contributed by atoms with van der Waals surface area (Å²) in [6.45, 7) is 1.45. The van der Waals surface area contributed by atoms with Crippen LogP contribution in [0.5, 0.6) is 0 Å². The Morgan fingerprint density at radius 1 is 1.03 bits per heavy atom. The second-order valence-electron chi connectivity index (χ2n) is 7.91. The van der Waals surface area contributed by atoms with E-state index >= 15 is 0 Å². The molecule has 2 aromatic carbocycles. The van der Waals surface area contributed by atoms with Crippen LogP contribution in [0.4, 0.5) is 11.5 Å². The number of para-hydroxylation sites is 1. The molecule has 1 aromatic heterocycles. The smallest absolute Gasteiger partial charge is 0.277 e. The van der Waals surface area contributed by atoms with Crippen LogP contribution < -0.4 is 16.2 Å². The van der Waals surface area contributed by atoms with Crippen molar-refractivity contribution < 1.29 is 9.59 Å². The SMILES string of the molecule is CC(=O)Nc1ccc(C2C3=C(CCCC3=O)Nc3[nH]n(-c4ccccc4)c(=O)c32)cc1. The first-order valence-corrected chi connectivity index (χ1v) is 10.3. The van der Waals surface area contributed by atoms with E-state index in [1.807, 2.05) is 42.5 Å². The summed E-state index contributed by atoms with van der Waals surface area (Å²) in [6.07, 6.45) is 2.03. The Labute approximate surface area is 178 Å². The number of aromatic amines is 1. The highest BCUT2D eigenvalue weighted by Crippen LogP contribution is 2.43. The largest absolute Gasteiger partial charge is 0.343 e. The monoisotopic (exact) mass is 414 g/mol. The van der Waals surface area contributed by atoms with E-state index in [0.29, 0.717) is 29.1 Å². The first-order valence-electron chi connectivity index (χ1n) is 10.3. The quantitative estimate of drug-likeness (QED) is 0.609. The Kier molecular flexibility index (Phi) is 4.58. The number of ketones is 1. The Bertz CT molecular complexity index is 1270. The van der Waals surface area contributed by atoms with Crippen molar-refractivity contribution in [3.8, 4) is 5.69 Å². The van der Waals surface area contributed by atoms with Crippen molar-refractivity contribution in [3.05, 3.63) is 87.3 Å². The molecular weight excluding hydrogens is 392 g/mol. The van der Waals surface area contributed by atoms with Crippen molar-refractivity contribution >= 4 is 23.2 Å². The van der Waals surface area contributed by atoms with Crippen molar-refractivity contribution in [2.45, 2.75) is 32.1 Å². The molecule has 3 aromatic rings. The van der Waals surface area contributed by atoms with Gasteiger partial charge in [-0.2, -0.15) is 0 Å². The standard InChI is InChI=1S/C24H22N4O3/c1-14(29)25-16-12-10-15(11-13-16)20-21-18(8-5-9-19(21)30)26-23-22(20)24(31)28(27-23)17-6-3-2-4-7-17/h2-4,6-7,10-13,20,26-27H,5,8-9H2,1H3,(H,25,29). The summed E-state index contributed by atoms with van der Waals surface area (Å²) in [7, 11) is 0. The van der Waals surface area contributed by atoms with Crippen LogP contribution in [0.2, 0.25) is 0 Å². The summed E-state index contributed by atoms with van der Waals surface area (Å²) < 4.78 is 1.51. The molecule has 0 fully saturated rings. The number of Topliss-reactive ketones (excluding diaryl/α,β-unsaturated/α-hetero) is 1. The number of hydrogen-bond donors (Lipinski definition) is 3. The molecule has 0 saturated heterocycles. The Hall–Kier alpha value is -3.87. The fraction of sp³-hybridized carbons (Fsp3) is 0.208. The van der Waals surface area contributed by atoms with Gasteiger partial charge in [-0.3, -0.25) is 19.5 Å². The van der Waals surface area contributed by atoms with Crippen molar-refractivity contribution in [1.29, 1.82) is 0 Å². The highest BCUT2D eigenvalue weighted by Gasteiger charge is 2.38. The fourth-order valence-electron chi connectivity index (χ4n) is 4.49. The molecule has 1 aliphatic carbocycles. The lowest BCUT2D eigenvalue weighted by atomic mass is 9.77. The minimum Gasteiger partial charge on any atom is -0.343 e. The first kappa shape index (κ1) is 19.1. The normalized spacial score (nSPS) is 17.6. The van der Waals surface area contributed by atoms with Crippen LogP contribution in [0.1, 0.15) is 43.2 Å². The van der Waals surface area contributed by atoms with Gasteiger partial charge in [-0.25, -0.2) is 4.68 Å². The number of carbonyl (C=O) groups is 2. The Balaban J connectivity index is 1.67. The Morgan fingerprint density at radius 2 is 1.77 bits per heavy atom. The van der Waals surface area contributed by atoms with Gasteiger partial charge in [-0.15, -0.1) is 0 Å². The van der Waals surface area contributed by atoms with Gasteiger partial charge in [0, 0.05) is 36.2 Å². The number of rotatable bonds is 3. The minimum absolute atomic E-state index is 0.0715. The molecule has 7 nitrogen and oxygen atoms in total. The zero-order valence-electron chi connectivity index (χ0n) is 17.1. The maximum atomic E-state index is 13.5. The molecule has 1 unspecified atom stereocenters. The number of amides is 1. The van der Waals surface area contributed by atoms with Crippen LogP contribution in [0.3, 0.4) is 0 Å². The third kappa shape index (κ3) is 3.28. The molecule has 0 saturated carbocycles. The van der Waals surface area contributed by atoms with Gasteiger partial charge in [0.05, 0.1) is 11.3 Å². The lowest BCUT2D eigenvalue weighted by Gasteiger charge is -2.31. The second kappa shape index (κ2) is 7.43.